The predicted molar refractivity (Wildman–Crippen MR) is 79.9 cm³/mol. The number of ketones is 1. The molecule has 1 aromatic heterocycles. The fraction of sp³-hybridized carbons (Fsp3) is 0.615. The normalized spacial score (nSPS) is 18.0. The maximum absolute atomic E-state index is 12.2. The van der Waals surface area contributed by atoms with Crippen molar-refractivity contribution in [2.75, 3.05) is 0 Å². The lowest BCUT2D eigenvalue weighted by Crippen LogP contribution is -2.07. The summed E-state index contributed by atoms with van der Waals surface area (Å²) in [6, 6.07) is 1.94. The number of hydrogen-bond donors (Lipinski definition) is 0. The van der Waals surface area contributed by atoms with Crippen LogP contribution in [0.5, 0.6) is 0 Å². The summed E-state index contributed by atoms with van der Waals surface area (Å²) in [5, 5.41) is 0. The molecule has 0 bridgehead atoms. The number of carbonyl (C=O) groups is 1. The van der Waals surface area contributed by atoms with Gasteiger partial charge in [0.1, 0.15) is 0 Å². The van der Waals surface area contributed by atoms with Crippen LogP contribution in [0.1, 0.15) is 54.6 Å². The van der Waals surface area contributed by atoms with Gasteiger partial charge in [-0.25, -0.2) is 0 Å². The molecule has 0 aromatic carbocycles. The molecule has 1 nitrogen and oxygen atoms in total. The highest BCUT2D eigenvalue weighted by molar-refractivity contribution is 9.13. The first kappa shape index (κ1) is 13.8. The van der Waals surface area contributed by atoms with Crippen molar-refractivity contribution < 1.29 is 4.79 Å². The summed E-state index contributed by atoms with van der Waals surface area (Å²) in [4.78, 5) is 13.0. The van der Waals surface area contributed by atoms with E-state index >= 15 is 0 Å². The molecule has 94 valence electrons. The molecule has 0 saturated heterocycles. The van der Waals surface area contributed by atoms with E-state index in [1.54, 1.807) is 0 Å². The number of thiophene rings is 1. The van der Waals surface area contributed by atoms with Crippen LogP contribution in [0, 0.1) is 5.92 Å². The minimum Gasteiger partial charge on any atom is -0.293 e. The quantitative estimate of drug-likeness (QED) is 0.477. The molecule has 1 aliphatic rings. The first-order chi connectivity index (χ1) is 8.16. The van der Waals surface area contributed by atoms with Crippen LogP contribution in [-0.2, 0) is 0 Å². The van der Waals surface area contributed by atoms with Crippen LogP contribution in [0.4, 0.5) is 0 Å². The average molecular weight is 380 g/mol. The lowest BCUT2D eigenvalue weighted by Gasteiger charge is -2.11. The Morgan fingerprint density at radius 2 is 1.88 bits per heavy atom. The third-order valence-electron chi connectivity index (χ3n) is 3.37. The number of hydrogen-bond acceptors (Lipinski definition) is 2. The average Bonchev–Trinajstić information content (AvgIpc) is 2.54. The van der Waals surface area contributed by atoms with E-state index in [1.807, 2.05) is 6.07 Å². The van der Waals surface area contributed by atoms with Crippen molar-refractivity contribution in [3.05, 3.63) is 19.2 Å². The van der Waals surface area contributed by atoms with Gasteiger partial charge in [0.2, 0.25) is 0 Å². The Morgan fingerprint density at radius 3 is 2.41 bits per heavy atom. The van der Waals surface area contributed by atoms with Gasteiger partial charge >= 0.3 is 0 Å². The Kier molecular flexibility index (Phi) is 5.25. The van der Waals surface area contributed by atoms with Gasteiger partial charge in [-0.2, -0.15) is 0 Å². The first-order valence-corrected chi connectivity index (χ1v) is 8.55. The van der Waals surface area contributed by atoms with Gasteiger partial charge in [0, 0.05) is 10.9 Å². The van der Waals surface area contributed by atoms with E-state index in [2.05, 4.69) is 31.9 Å². The highest BCUT2D eigenvalue weighted by Gasteiger charge is 2.19. The summed E-state index contributed by atoms with van der Waals surface area (Å²) in [6.07, 6.45) is 8.51. The molecule has 1 saturated carbocycles. The molecule has 1 heterocycles. The van der Waals surface area contributed by atoms with Gasteiger partial charge in [0.05, 0.1) is 8.66 Å². The van der Waals surface area contributed by atoms with E-state index < -0.39 is 0 Å². The van der Waals surface area contributed by atoms with Crippen LogP contribution >= 0.6 is 43.2 Å². The van der Waals surface area contributed by atoms with Crippen molar-refractivity contribution in [2.24, 2.45) is 5.92 Å². The second-order valence-electron chi connectivity index (χ2n) is 4.72. The number of carbonyl (C=O) groups excluding carboxylic acids is 1. The van der Waals surface area contributed by atoms with E-state index in [1.165, 1.54) is 49.9 Å². The maximum Gasteiger partial charge on any atom is 0.173 e. The molecular weight excluding hydrogens is 364 g/mol. The smallest absolute Gasteiger partial charge is 0.173 e. The molecule has 1 aliphatic carbocycles. The van der Waals surface area contributed by atoms with Crippen molar-refractivity contribution in [1.82, 2.24) is 0 Å². The van der Waals surface area contributed by atoms with Crippen LogP contribution in [0.3, 0.4) is 0 Å². The molecule has 4 heteroatoms. The summed E-state index contributed by atoms with van der Waals surface area (Å²) >= 11 is 8.41. The van der Waals surface area contributed by atoms with E-state index in [4.69, 9.17) is 0 Å². The van der Waals surface area contributed by atoms with Gasteiger partial charge in [-0.05, 0) is 43.8 Å². The van der Waals surface area contributed by atoms with Crippen molar-refractivity contribution in [2.45, 2.75) is 44.9 Å². The minimum atomic E-state index is 0.313. The summed E-state index contributed by atoms with van der Waals surface area (Å²) in [5.74, 6) is 0.929. The van der Waals surface area contributed by atoms with Gasteiger partial charge in [-0.3, -0.25) is 4.79 Å². The lowest BCUT2D eigenvalue weighted by molar-refractivity contribution is 0.0961. The van der Waals surface area contributed by atoms with Gasteiger partial charge in [-0.15, -0.1) is 11.3 Å². The number of rotatable bonds is 3. The summed E-state index contributed by atoms with van der Waals surface area (Å²) in [5.41, 5.74) is 0. The Morgan fingerprint density at radius 1 is 1.24 bits per heavy atom. The molecular formula is C13H16Br2OS. The monoisotopic (exact) mass is 378 g/mol. The first-order valence-electron chi connectivity index (χ1n) is 6.15. The van der Waals surface area contributed by atoms with Crippen molar-refractivity contribution >= 4 is 49.0 Å². The molecule has 0 spiro atoms. The summed E-state index contributed by atoms with van der Waals surface area (Å²) in [7, 11) is 0. The Hall–Kier alpha value is 0.330. The maximum atomic E-state index is 12.2. The predicted octanol–water partition coefficient (Wildman–Crippen LogP) is 5.82. The minimum absolute atomic E-state index is 0.313. The van der Waals surface area contributed by atoms with E-state index in [0.29, 0.717) is 11.7 Å². The van der Waals surface area contributed by atoms with Crippen LogP contribution in [0.2, 0.25) is 0 Å². The number of halogens is 2. The van der Waals surface area contributed by atoms with Crippen LogP contribution in [0.15, 0.2) is 14.3 Å². The Balaban J connectivity index is 1.95. The molecule has 1 fully saturated rings. The van der Waals surface area contributed by atoms with E-state index in [9.17, 15) is 4.79 Å². The molecule has 0 unspecified atom stereocenters. The summed E-state index contributed by atoms with van der Waals surface area (Å²) < 4.78 is 2.01. The third-order valence-corrected chi connectivity index (χ3v) is 6.67. The number of Topliss-reactive ketones (excluding diaryl/α,β-unsaturated/α-hetero) is 1. The van der Waals surface area contributed by atoms with Gasteiger partial charge < -0.3 is 0 Å². The van der Waals surface area contributed by atoms with Crippen LogP contribution in [-0.4, -0.2) is 5.78 Å². The van der Waals surface area contributed by atoms with Crippen molar-refractivity contribution in [3.63, 3.8) is 0 Å². The Bertz CT molecular complexity index is 373. The largest absolute Gasteiger partial charge is 0.293 e. The van der Waals surface area contributed by atoms with E-state index in [0.717, 1.165) is 19.6 Å². The molecule has 2 rings (SSSR count). The molecule has 0 atom stereocenters. The third kappa shape index (κ3) is 3.90. The zero-order chi connectivity index (χ0) is 12.3. The van der Waals surface area contributed by atoms with Crippen molar-refractivity contribution in [1.29, 1.82) is 0 Å². The van der Waals surface area contributed by atoms with Gasteiger partial charge in [0.25, 0.3) is 0 Å². The van der Waals surface area contributed by atoms with Crippen LogP contribution < -0.4 is 0 Å². The topological polar surface area (TPSA) is 17.1 Å². The van der Waals surface area contributed by atoms with Crippen LogP contribution in [0.25, 0.3) is 0 Å². The fourth-order valence-corrected chi connectivity index (χ4v) is 4.40. The zero-order valence-corrected chi connectivity index (χ0v) is 13.7. The molecule has 0 amide bonds. The highest BCUT2D eigenvalue weighted by atomic mass is 79.9. The van der Waals surface area contributed by atoms with E-state index in [-0.39, 0.29) is 0 Å². The Labute approximate surface area is 123 Å². The van der Waals surface area contributed by atoms with Crippen molar-refractivity contribution in [3.8, 4) is 0 Å². The lowest BCUT2D eigenvalue weighted by atomic mass is 9.94. The SMILES string of the molecule is O=C(CC1CCCCCC1)c1cc(Br)c(Br)s1. The molecule has 17 heavy (non-hydrogen) atoms. The second kappa shape index (κ2) is 6.48. The van der Waals surface area contributed by atoms with Gasteiger partial charge in [0.15, 0.2) is 5.78 Å². The zero-order valence-electron chi connectivity index (χ0n) is 9.68. The second-order valence-corrected chi connectivity index (χ2v) is 7.94. The summed E-state index contributed by atoms with van der Waals surface area (Å²) in [6.45, 7) is 0. The molecule has 0 N–H and O–H groups in total. The highest BCUT2D eigenvalue weighted by Crippen LogP contribution is 2.34. The van der Waals surface area contributed by atoms with Gasteiger partial charge in [-0.1, -0.05) is 38.5 Å². The molecule has 0 radical (unpaired) electrons. The molecule has 1 aromatic rings. The fourth-order valence-electron chi connectivity index (χ4n) is 2.41. The molecule has 0 aliphatic heterocycles. The standard InChI is InChI=1S/C13H16Br2OS/c14-10-8-12(17-13(10)15)11(16)7-9-5-3-1-2-4-6-9/h8-9H,1-7H2.